The van der Waals surface area contributed by atoms with Gasteiger partial charge in [-0.3, -0.25) is 0 Å². The summed E-state index contributed by atoms with van der Waals surface area (Å²) in [5.74, 6) is 1.04. The van der Waals surface area contributed by atoms with Gasteiger partial charge >= 0.3 is 0 Å². The third kappa shape index (κ3) is 3.34. The van der Waals surface area contributed by atoms with E-state index in [1.165, 1.54) is 11.5 Å². The fraction of sp³-hybridized carbons (Fsp3) is 0.273. The molecule has 0 amide bonds. The summed E-state index contributed by atoms with van der Waals surface area (Å²) in [6.45, 7) is 2.92. The Morgan fingerprint density at radius 2 is 2.35 bits per heavy atom. The van der Waals surface area contributed by atoms with E-state index in [1.807, 2.05) is 19.1 Å². The molecule has 2 N–H and O–H groups in total. The zero-order valence-electron chi connectivity index (χ0n) is 9.38. The molecule has 0 unspecified atom stereocenters. The summed E-state index contributed by atoms with van der Waals surface area (Å²) < 4.78 is 3.94. The molecule has 0 aliphatic heterocycles. The molecule has 2 aromatic rings. The van der Waals surface area contributed by atoms with Crippen LogP contribution in [-0.2, 0) is 5.75 Å². The van der Waals surface area contributed by atoms with E-state index in [9.17, 15) is 5.11 Å². The standard InChI is InChI=1S/C11H13N3OS2/c1-2-12-11-10(13-14-17-11)7-16-9-5-3-4-8(15)6-9/h3-6,12,15H,2,7H2,1H3. The summed E-state index contributed by atoms with van der Waals surface area (Å²) in [4.78, 5) is 1.03. The zero-order valence-corrected chi connectivity index (χ0v) is 11.0. The number of nitrogens with one attached hydrogen (secondary N) is 1. The lowest BCUT2D eigenvalue weighted by molar-refractivity contribution is 0.474. The molecular formula is C11H13N3OS2. The molecule has 1 aromatic heterocycles. The van der Waals surface area contributed by atoms with Crippen molar-refractivity contribution in [1.82, 2.24) is 9.59 Å². The Morgan fingerprint density at radius 3 is 3.12 bits per heavy atom. The average Bonchev–Trinajstić information content (AvgIpc) is 2.75. The molecule has 4 nitrogen and oxygen atoms in total. The van der Waals surface area contributed by atoms with Gasteiger partial charge in [-0.15, -0.1) is 16.9 Å². The maximum Gasteiger partial charge on any atom is 0.134 e. The minimum atomic E-state index is 0.290. The summed E-state index contributed by atoms with van der Waals surface area (Å²) in [5.41, 5.74) is 0.963. The van der Waals surface area contributed by atoms with Gasteiger partial charge in [0.2, 0.25) is 0 Å². The molecule has 17 heavy (non-hydrogen) atoms. The Kier molecular flexibility index (Phi) is 4.22. The topological polar surface area (TPSA) is 58.0 Å². The van der Waals surface area contributed by atoms with Crippen LogP contribution in [0.3, 0.4) is 0 Å². The van der Waals surface area contributed by atoms with Crippen LogP contribution in [0.15, 0.2) is 29.2 Å². The van der Waals surface area contributed by atoms with Crippen LogP contribution in [-0.4, -0.2) is 21.2 Å². The van der Waals surface area contributed by atoms with Crippen molar-refractivity contribution in [2.45, 2.75) is 17.6 Å². The van der Waals surface area contributed by atoms with Crippen molar-refractivity contribution in [3.63, 3.8) is 0 Å². The van der Waals surface area contributed by atoms with Crippen molar-refractivity contribution < 1.29 is 5.11 Å². The van der Waals surface area contributed by atoms with E-state index in [1.54, 1.807) is 23.9 Å². The first-order valence-corrected chi connectivity index (χ1v) is 7.02. The molecule has 0 atom stereocenters. The fourth-order valence-corrected chi connectivity index (χ4v) is 2.95. The molecule has 2 rings (SSSR count). The lowest BCUT2D eigenvalue weighted by Crippen LogP contribution is -1.97. The maximum atomic E-state index is 9.36. The van der Waals surface area contributed by atoms with E-state index >= 15 is 0 Å². The molecule has 0 fully saturated rings. The summed E-state index contributed by atoms with van der Waals surface area (Å²) in [6.07, 6.45) is 0. The van der Waals surface area contributed by atoms with Gasteiger partial charge in [-0.25, -0.2) is 0 Å². The first-order chi connectivity index (χ1) is 8.29. The average molecular weight is 267 g/mol. The van der Waals surface area contributed by atoms with Crippen LogP contribution in [0.5, 0.6) is 5.75 Å². The molecule has 90 valence electrons. The van der Waals surface area contributed by atoms with E-state index in [2.05, 4.69) is 14.9 Å². The number of benzene rings is 1. The second-order valence-corrected chi connectivity index (χ2v) is 5.17. The largest absolute Gasteiger partial charge is 0.508 e. The predicted octanol–water partition coefficient (Wildman–Crippen LogP) is 2.97. The smallest absolute Gasteiger partial charge is 0.134 e. The summed E-state index contributed by atoms with van der Waals surface area (Å²) >= 11 is 3.01. The molecule has 0 spiro atoms. The molecule has 0 radical (unpaired) electrons. The number of phenols is 1. The highest BCUT2D eigenvalue weighted by molar-refractivity contribution is 7.98. The van der Waals surface area contributed by atoms with Gasteiger partial charge in [-0.2, -0.15) is 0 Å². The maximum absolute atomic E-state index is 9.36. The summed E-state index contributed by atoms with van der Waals surface area (Å²) in [7, 11) is 0. The number of aromatic hydroxyl groups is 1. The van der Waals surface area contributed by atoms with E-state index in [4.69, 9.17) is 0 Å². The van der Waals surface area contributed by atoms with Crippen LogP contribution in [0.25, 0.3) is 0 Å². The van der Waals surface area contributed by atoms with Crippen LogP contribution >= 0.6 is 23.3 Å². The minimum absolute atomic E-state index is 0.290. The fourth-order valence-electron chi connectivity index (χ4n) is 1.32. The van der Waals surface area contributed by atoms with E-state index in [0.717, 1.165) is 27.9 Å². The Morgan fingerprint density at radius 1 is 1.47 bits per heavy atom. The summed E-state index contributed by atoms with van der Waals surface area (Å²) in [5, 5.41) is 17.7. The molecular weight excluding hydrogens is 254 g/mol. The van der Waals surface area contributed by atoms with Crippen molar-refractivity contribution in [1.29, 1.82) is 0 Å². The highest BCUT2D eigenvalue weighted by atomic mass is 32.2. The lowest BCUT2D eigenvalue weighted by Gasteiger charge is -2.02. The van der Waals surface area contributed by atoms with Crippen LogP contribution in [0.2, 0.25) is 0 Å². The van der Waals surface area contributed by atoms with Crippen LogP contribution < -0.4 is 5.32 Å². The van der Waals surface area contributed by atoms with Crippen molar-refractivity contribution in [3.05, 3.63) is 30.0 Å². The highest BCUT2D eigenvalue weighted by Crippen LogP contribution is 2.28. The lowest BCUT2D eigenvalue weighted by atomic mass is 10.3. The van der Waals surface area contributed by atoms with Gasteiger partial charge in [0.25, 0.3) is 0 Å². The number of aromatic nitrogens is 2. The second-order valence-electron chi connectivity index (χ2n) is 3.37. The predicted molar refractivity (Wildman–Crippen MR) is 71.7 cm³/mol. The van der Waals surface area contributed by atoms with Gasteiger partial charge in [0.1, 0.15) is 16.4 Å². The number of hydrogen-bond donors (Lipinski definition) is 2. The van der Waals surface area contributed by atoms with Crippen LogP contribution in [0, 0.1) is 0 Å². The quantitative estimate of drug-likeness (QED) is 0.816. The van der Waals surface area contributed by atoms with Crippen molar-refractivity contribution >= 4 is 28.3 Å². The SMILES string of the molecule is CCNc1snnc1CSc1cccc(O)c1. The Bertz CT molecular complexity index is 487. The first-order valence-electron chi connectivity index (χ1n) is 5.26. The number of nitrogens with zero attached hydrogens (tertiary/aromatic N) is 2. The second kappa shape index (κ2) is 5.88. The number of hydrogen-bond acceptors (Lipinski definition) is 6. The molecule has 0 bridgehead atoms. The first kappa shape index (κ1) is 12.2. The third-order valence-electron chi connectivity index (χ3n) is 2.09. The van der Waals surface area contributed by atoms with Gasteiger partial charge in [-0.1, -0.05) is 10.6 Å². The van der Waals surface area contributed by atoms with E-state index < -0.39 is 0 Å². The molecule has 0 aliphatic carbocycles. The minimum Gasteiger partial charge on any atom is -0.508 e. The van der Waals surface area contributed by atoms with Crippen molar-refractivity contribution in [2.75, 3.05) is 11.9 Å². The van der Waals surface area contributed by atoms with E-state index in [-0.39, 0.29) is 0 Å². The molecule has 0 saturated carbocycles. The number of anilines is 1. The third-order valence-corrected chi connectivity index (χ3v) is 3.82. The Labute approximate surface area is 108 Å². The highest BCUT2D eigenvalue weighted by Gasteiger charge is 2.07. The van der Waals surface area contributed by atoms with Crippen LogP contribution in [0.1, 0.15) is 12.6 Å². The zero-order chi connectivity index (χ0) is 12.1. The normalized spacial score (nSPS) is 10.4. The van der Waals surface area contributed by atoms with Gasteiger partial charge in [-0.05, 0) is 25.1 Å². The van der Waals surface area contributed by atoms with E-state index in [0.29, 0.717) is 5.75 Å². The van der Waals surface area contributed by atoms with Gasteiger partial charge in [0.15, 0.2) is 0 Å². The van der Waals surface area contributed by atoms with Crippen molar-refractivity contribution in [2.24, 2.45) is 0 Å². The molecule has 0 aliphatic rings. The molecule has 6 heteroatoms. The number of thioether (sulfide) groups is 1. The van der Waals surface area contributed by atoms with Crippen LogP contribution in [0.4, 0.5) is 5.00 Å². The van der Waals surface area contributed by atoms with Gasteiger partial charge in [0.05, 0.1) is 0 Å². The van der Waals surface area contributed by atoms with Crippen molar-refractivity contribution in [3.8, 4) is 5.75 Å². The molecule has 1 heterocycles. The summed E-state index contributed by atoms with van der Waals surface area (Å²) in [6, 6.07) is 7.22. The monoisotopic (exact) mass is 267 g/mol. The molecule has 0 saturated heterocycles. The number of phenolic OH excluding ortho intramolecular Hbond substituents is 1. The van der Waals surface area contributed by atoms with Gasteiger partial charge < -0.3 is 10.4 Å². The number of rotatable bonds is 5. The Balaban J connectivity index is 1.99. The Hall–Kier alpha value is -1.27. The molecule has 1 aromatic carbocycles. The van der Waals surface area contributed by atoms with Gasteiger partial charge in [0, 0.05) is 28.7 Å².